The van der Waals surface area contributed by atoms with E-state index >= 15 is 0 Å². The van der Waals surface area contributed by atoms with Crippen LogP contribution in [0.25, 0.3) is 0 Å². The van der Waals surface area contributed by atoms with Gasteiger partial charge in [0, 0.05) is 36.7 Å². The number of hydrogen-bond acceptors (Lipinski definition) is 4. The maximum absolute atomic E-state index is 12.9. The monoisotopic (exact) mass is 358 g/mol. The zero-order chi connectivity index (χ0) is 17.8. The number of anilines is 1. The Bertz CT molecular complexity index is 716. The Morgan fingerprint density at radius 3 is 2.40 bits per heavy atom. The quantitative estimate of drug-likeness (QED) is 0.881. The van der Waals surface area contributed by atoms with Gasteiger partial charge in [-0.25, -0.2) is 0 Å². The lowest BCUT2D eigenvalue weighted by Gasteiger charge is -2.36. The first-order valence-corrected chi connectivity index (χ1v) is 9.88. The van der Waals surface area contributed by atoms with Crippen LogP contribution in [0.4, 0.5) is 5.69 Å². The predicted molar refractivity (Wildman–Crippen MR) is 104 cm³/mol. The third-order valence-corrected chi connectivity index (χ3v) is 5.97. The molecule has 1 saturated heterocycles. The number of amides is 1. The summed E-state index contributed by atoms with van der Waals surface area (Å²) in [7, 11) is 0. The molecule has 134 valence electrons. The Morgan fingerprint density at radius 2 is 1.80 bits per heavy atom. The van der Waals surface area contributed by atoms with E-state index in [2.05, 4.69) is 24.8 Å². The molecule has 1 aromatic carbocycles. The van der Waals surface area contributed by atoms with E-state index in [9.17, 15) is 9.90 Å². The summed E-state index contributed by atoms with van der Waals surface area (Å²) < 4.78 is 0. The zero-order valence-corrected chi connectivity index (χ0v) is 15.8. The molecule has 5 heteroatoms. The average molecular weight is 359 g/mol. The van der Waals surface area contributed by atoms with Crippen molar-refractivity contribution in [2.45, 2.75) is 33.1 Å². The minimum absolute atomic E-state index is 0.174. The van der Waals surface area contributed by atoms with Crippen molar-refractivity contribution in [1.82, 2.24) is 4.90 Å². The molecule has 0 atom stereocenters. The average Bonchev–Trinajstić information content (AvgIpc) is 3.05. The van der Waals surface area contributed by atoms with Crippen LogP contribution in [0.2, 0.25) is 0 Å². The number of nitrogens with zero attached hydrogens (tertiary/aromatic N) is 2. The van der Waals surface area contributed by atoms with E-state index in [-0.39, 0.29) is 11.7 Å². The molecule has 1 aliphatic rings. The number of carbonyl (C=O) groups is 1. The van der Waals surface area contributed by atoms with Gasteiger partial charge in [0.15, 0.2) is 0 Å². The predicted octanol–water partition coefficient (Wildman–Crippen LogP) is 3.93. The van der Waals surface area contributed by atoms with Crippen molar-refractivity contribution in [3.8, 4) is 5.75 Å². The van der Waals surface area contributed by atoms with Gasteiger partial charge < -0.3 is 14.9 Å². The number of carbonyl (C=O) groups excluding carboxylic acids is 1. The van der Waals surface area contributed by atoms with Crippen molar-refractivity contribution in [2.24, 2.45) is 0 Å². The van der Waals surface area contributed by atoms with Crippen LogP contribution in [-0.4, -0.2) is 42.1 Å². The highest BCUT2D eigenvalue weighted by molar-refractivity contribution is 7.14. The minimum atomic E-state index is 0.174. The number of piperazine rings is 1. The molecule has 0 aliphatic carbocycles. The fourth-order valence-electron chi connectivity index (χ4n) is 3.30. The van der Waals surface area contributed by atoms with E-state index in [1.807, 2.05) is 17.0 Å². The molecule has 1 amide bonds. The van der Waals surface area contributed by atoms with Crippen molar-refractivity contribution in [3.05, 3.63) is 45.6 Å². The Morgan fingerprint density at radius 1 is 1.12 bits per heavy atom. The van der Waals surface area contributed by atoms with Crippen LogP contribution in [-0.2, 0) is 12.8 Å². The van der Waals surface area contributed by atoms with Gasteiger partial charge in [0.2, 0.25) is 0 Å². The highest BCUT2D eigenvalue weighted by Crippen LogP contribution is 2.27. The fraction of sp³-hybridized carbons (Fsp3) is 0.450. The van der Waals surface area contributed by atoms with E-state index in [1.54, 1.807) is 23.5 Å². The summed E-state index contributed by atoms with van der Waals surface area (Å²) in [4.78, 5) is 19.3. The smallest absolute Gasteiger partial charge is 0.264 e. The standard InChI is InChI=1S/C20H26N2O2S/c1-3-5-18-15(4-2)14-19(25-18)20(24)22-12-10-21(11-13-22)16-6-8-17(23)9-7-16/h6-9,14,23H,3-5,10-13H2,1-2H3. The second kappa shape index (κ2) is 7.91. The summed E-state index contributed by atoms with van der Waals surface area (Å²) in [6.45, 7) is 7.47. The molecule has 2 aromatic rings. The molecule has 1 aromatic heterocycles. The van der Waals surface area contributed by atoms with Crippen LogP contribution in [0.15, 0.2) is 30.3 Å². The maximum atomic E-state index is 12.9. The van der Waals surface area contributed by atoms with Crippen LogP contribution in [0, 0.1) is 0 Å². The highest BCUT2D eigenvalue weighted by atomic mass is 32.1. The van der Waals surface area contributed by atoms with E-state index in [4.69, 9.17) is 0 Å². The molecule has 0 radical (unpaired) electrons. The molecule has 0 saturated carbocycles. The minimum Gasteiger partial charge on any atom is -0.508 e. The van der Waals surface area contributed by atoms with E-state index < -0.39 is 0 Å². The van der Waals surface area contributed by atoms with Crippen LogP contribution < -0.4 is 4.90 Å². The molecule has 4 nitrogen and oxygen atoms in total. The number of thiophene rings is 1. The second-order valence-corrected chi connectivity index (χ2v) is 7.60. The SMILES string of the molecule is CCCc1sc(C(=O)N2CCN(c3ccc(O)cc3)CC2)cc1CC. The van der Waals surface area contributed by atoms with Crippen molar-refractivity contribution in [3.63, 3.8) is 0 Å². The lowest BCUT2D eigenvalue weighted by atomic mass is 10.1. The van der Waals surface area contributed by atoms with Crippen LogP contribution in [0.5, 0.6) is 5.75 Å². The first kappa shape index (κ1) is 17.8. The van der Waals surface area contributed by atoms with Crippen molar-refractivity contribution in [1.29, 1.82) is 0 Å². The van der Waals surface area contributed by atoms with Gasteiger partial charge >= 0.3 is 0 Å². The van der Waals surface area contributed by atoms with Crippen molar-refractivity contribution < 1.29 is 9.90 Å². The number of aryl methyl sites for hydroxylation is 2. The molecule has 2 heterocycles. The van der Waals surface area contributed by atoms with Crippen LogP contribution in [0.3, 0.4) is 0 Å². The summed E-state index contributed by atoms with van der Waals surface area (Å²) in [6, 6.07) is 9.37. The lowest BCUT2D eigenvalue weighted by Crippen LogP contribution is -2.48. The Hall–Kier alpha value is -2.01. The Balaban J connectivity index is 1.64. The summed E-state index contributed by atoms with van der Waals surface area (Å²) in [5.41, 5.74) is 2.43. The maximum Gasteiger partial charge on any atom is 0.264 e. The normalized spacial score (nSPS) is 14.8. The number of benzene rings is 1. The van der Waals surface area contributed by atoms with Crippen LogP contribution in [0.1, 0.15) is 40.4 Å². The van der Waals surface area contributed by atoms with E-state index in [0.717, 1.165) is 56.0 Å². The summed E-state index contributed by atoms with van der Waals surface area (Å²) >= 11 is 1.68. The van der Waals surface area contributed by atoms with Gasteiger partial charge in [-0.1, -0.05) is 20.3 Å². The largest absolute Gasteiger partial charge is 0.508 e. The zero-order valence-electron chi connectivity index (χ0n) is 15.0. The van der Waals surface area contributed by atoms with E-state index in [0.29, 0.717) is 0 Å². The molecule has 1 N–H and O–H groups in total. The second-order valence-electron chi connectivity index (χ2n) is 6.46. The topological polar surface area (TPSA) is 43.8 Å². The Kier molecular flexibility index (Phi) is 5.63. The van der Waals surface area contributed by atoms with Gasteiger partial charge in [-0.15, -0.1) is 11.3 Å². The molecule has 0 unspecified atom stereocenters. The van der Waals surface area contributed by atoms with Crippen LogP contribution >= 0.6 is 11.3 Å². The summed E-state index contributed by atoms with van der Waals surface area (Å²) in [5, 5.41) is 9.41. The Labute approximate surface area is 153 Å². The summed E-state index contributed by atoms with van der Waals surface area (Å²) in [5.74, 6) is 0.456. The highest BCUT2D eigenvalue weighted by Gasteiger charge is 2.24. The van der Waals surface area contributed by atoms with Gasteiger partial charge in [-0.3, -0.25) is 4.79 Å². The third-order valence-electron chi connectivity index (χ3n) is 4.75. The number of phenols is 1. The molecular weight excluding hydrogens is 332 g/mol. The van der Waals surface area contributed by atoms with Crippen molar-refractivity contribution in [2.75, 3.05) is 31.1 Å². The van der Waals surface area contributed by atoms with Crippen molar-refractivity contribution >= 4 is 22.9 Å². The van der Waals surface area contributed by atoms with Gasteiger partial charge in [0.1, 0.15) is 5.75 Å². The van der Waals surface area contributed by atoms with Gasteiger partial charge in [-0.2, -0.15) is 0 Å². The van der Waals surface area contributed by atoms with E-state index in [1.165, 1.54) is 10.4 Å². The first-order valence-electron chi connectivity index (χ1n) is 9.07. The molecule has 3 rings (SSSR count). The fourth-order valence-corrected chi connectivity index (χ4v) is 4.62. The summed E-state index contributed by atoms with van der Waals surface area (Å²) in [6.07, 6.45) is 3.18. The molecule has 25 heavy (non-hydrogen) atoms. The molecule has 1 aliphatic heterocycles. The van der Waals surface area contributed by atoms with Gasteiger partial charge in [0.05, 0.1) is 4.88 Å². The molecular formula is C20H26N2O2S. The van der Waals surface area contributed by atoms with Gasteiger partial charge in [-0.05, 0) is 48.7 Å². The third kappa shape index (κ3) is 3.98. The lowest BCUT2D eigenvalue weighted by molar-refractivity contribution is 0.0751. The van der Waals surface area contributed by atoms with Gasteiger partial charge in [0.25, 0.3) is 5.91 Å². The molecule has 0 bridgehead atoms. The number of phenolic OH excluding ortho intramolecular Hbond substituents is 1. The molecule has 1 fully saturated rings. The number of aromatic hydroxyl groups is 1. The molecule has 0 spiro atoms. The number of rotatable bonds is 5. The first-order chi connectivity index (χ1) is 12.1. The number of hydrogen-bond donors (Lipinski definition) is 1.